The minimum absolute atomic E-state index is 0.644. The lowest BCUT2D eigenvalue weighted by molar-refractivity contribution is 0.770. The van der Waals surface area contributed by atoms with E-state index in [1.165, 1.54) is 66.3 Å². The van der Waals surface area contributed by atoms with Crippen LogP contribution in [0.25, 0.3) is 83.6 Å². The van der Waals surface area contributed by atoms with Crippen LogP contribution in [-0.4, -0.2) is 14.5 Å². The summed E-state index contributed by atoms with van der Waals surface area (Å²) in [5.41, 5.74) is 17.5. The van der Waals surface area contributed by atoms with Gasteiger partial charge in [0.1, 0.15) is 0 Å². The van der Waals surface area contributed by atoms with Crippen LogP contribution in [0.1, 0.15) is 22.3 Å². The van der Waals surface area contributed by atoms with E-state index in [1.807, 2.05) is 12.1 Å². The quantitative estimate of drug-likeness (QED) is 0.161. The van der Waals surface area contributed by atoms with Crippen molar-refractivity contribution in [1.29, 1.82) is 0 Å². The van der Waals surface area contributed by atoms with E-state index in [4.69, 9.17) is 9.97 Å². The van der Waals surface area contributed by atoms with Crippen LogP contribution in [-0.2, 0) is 5.41 Å². The number of nitrogens with zero attached hydrogens (tertiary/aromatic N) is 3. The fourth-order valence-corrected chi connectivity index (χ4v) is 9.93. The predicted octanol–water partition coefficient (Wildman–Crippen LogP) is 14.6. The third-order valence-electron chi connectivity index (χ3n) is 12.7. The van der Waals surface area contributed by atoms with Crippen molar-refractivity contribution in [3.05, 3.63) is 259 Å². The van der Waals surface area contributed by atoms with Crippen molar-refractivity contribution in [3.8, 4) is 61.8 Å². The van der Waals surface area contributed by atoms with Crippen molar-refractivity contribution in [2.45, 2.75) is 5.41 Å². The summed E-state index contributed by atoms with van der Waals surface area (Å²) in [5, 5.41) is 2.43. The van der Waals surface area contributed by atoms with Crippen LogP contribution in [0.5, 0.6) is 0 Å². The lowest BCUT2D eigenvalue weighted by atomic mass is 9.67. The van der Waals surface area contributed by atoms with Crippen molar-refractivity contribution >= 4 is 21.8 Å². The monoisotopic (exact) mass is 789 g/mol. The molecule has 0 radical (unpaired) electrons. The Bertz CT molecular complexity index is 3340. The average Bonchev–Trinajstić information content (AvgIpc) is 3.85. The molecular formula is C59H39N3. The van der Waals surface area contributed by atoms with Gasteiger partial charge in [-0.15, -0.1) is 0 Å². The smallest absolute Gasteiger partial charge is 0.160 e. The van der Waals surface area contributed by atoms with Crippen LogP contribution in [0.2, 0.25) is 0 Å². The molecular weight excluding hydrogens is 751 g/mol. The standard InChI is InChI=1S/C59H39N3/c1-5-18-40(19-6-1)43-32-34-56-50(37-43)51-38-46(33-35-57(51)62(56)47-26-11-4-12-27-47)59(52-30-15-13-28-48(52)49-29-14-16-31-53(49)59)45-25-17-24-44(36-45)58-60-54(41-20-7-2-8-21-41)39-55(61-58)42-22-9-3-10-23-42/h1-39H. The van der Waals surface area contributed by atoms with E-state index < -0.39 is 5.41 Å². The second-order valence-electron chi connectivity index (χ2n) is 16.1. The van der Waals surface area contributed by atoms with Gasteiger partial charge in [0.15, 0.2) is 5.82 Å². The van der Waals surface area contributed by atoms with Crippen LogP contribution < -0.4 is 0 Å². The number of fused-ring (bicyclic) bond motifs is 6. The first-order valence-corrected chi connectivity index (χ1v) is 21.2. The second kappa shape index (κ2) is 14.5. The highest BCUT2D eigenvalue weighted by molar-refractivity contribution is 6.11. The minimum atomic E-state index is -0.644. The molecule has 1 aliphatic rings. The zero-order chi connectivity index (χ0) is 41.0. The fraction of sp³-hybridized carbons (Fsp3) is 0.0169. The van der Waals surface area contributed by atoms with E-state index in [0.29, 0.717) is 5.82 Å². The Balaban J connectivity index is 1.13. The van der Waals surface area contributed by atoms with Crippen LogP contribution in [0, 0.1) is 0 Å². The van der Waals surface area contributed by atoms with E-state index in [1.54, 1.807) is 0 Å². The maximum Gasteiger partial charge on any atom is 0.160 e. The SMILES string of the molecule is c1ccc(-c2ccc3c(c2)c2cc(C4(c5cccc(-c6nc(-c7ccccc7)cc(-c7ccccc7)n6)c5)c5ccccc5-c5ccccc54)ccc2n3-c2ccccc2)cc1. The summed E-state index contributed by atoms with van der Waals surface area (Å²) in [4.78, 5) is 10.6. The number of rotatable bonds is 7. The number of hydrogen-bond donors (Lipinski definition) is 0. The molecule has 0 fully saturated rings. The van der Waals surface area contributed by atoms with Crippen LogP contribution in [0.15, 0.2) is 237 Å². The summed E-state index contributed by atoms with van der Waals surface area (Å²) in [5.74, 6) is 0.691. The minimum Gasteiger partial charge on any atom is -0.309 e. The highest BCUT2D eigenvalue weighted by Gasteiger charge is 2.46. The molecule has 2 heterocycles. The fourth-order valence-electron chi connectivity index (χ4n) is 9.93. The molecule has 9 aromatic carbocycles. The molecule has 2 aromatic heterocycles. The van der Waals surface area contributed by atoms with Gasteiger partial charge in [0.25, 0.3) is 0 Å². The van der Waals surface area contributed by atoms with Crippen LogP contribution >= 0.6 is 0 Å². The summed E-state index contributed by atoms with van der Waals surface area (Å²) < 4.78 is 2.41. The molecule has 0 saturated heterocycles. The van der Waals surface area contributed by atoms with Crippen molar-refractivity contribution in [1.82, 2.24) is 14.5 Å². The molecule has 3 heteroatoms. The molecule has 62 heavy (non-hydrogen) atoms. The zero-order valence-electron chi connectivity index (χ0n) is 33.9. The van der Waals surface area contributed by atoms with Gasteiger partial charge in [-0.3, -0.25) is 0 Å². The van der Waals surface area contributed by atoms with Crippen LogP contribution in [0.4, 0.5) is 0 Å². The number of aromatic nitrogens is 3. The molecule has 0 amide bonds. The van der Waals surface area contributed by atoms with Gasteiger partial charge in [0, 0.05) is 33.2 Å². The average molecular weight is 790 g/mol. The number of benzene rings is 9. The molecule has 0 aliphatic heterocycles. The first-order chi connectivity index (χ1) is 30.7. The summed E-state index contributed by atoms with van der Waals surface area (Å²) in [7, 11) is 0. The van der Waals surface area contributed by atoms with Crippen LogP contribution in [0.3, 0.4) is 0 Å². The topological polar surface area (TPSA) is 30.7 Å². The first-order valence-electron chi connectivity index (χ1n) is 21.2. The van der Waals surface area contributed by atoms with E-state index in [0.717, 1.165) is 33.8 Å². The normalized spacial score (nSPS) is 12.6. The Morgan fingerprint density at radius 3 is 1.42 bits per heavy atom. The molecule has 0 atom stereocenters. The van der Waals surface area contributed by atoms with Gasteiger partial charge in [-0.25, -0.2) is 9.97 Å². The van der Waals surface area contributed by atoms with Gasteiger partial charge in [0.2, 0.25) is 0 Å². The molecule has 0 spiro atoms. The maximum atomic E-state index is 5.28. The second-order valence-corrected chi connectivity index (χ2v) is 16.1. The van der Waals surface area contributed by atoms with E-state index in [-0.39, 0.29) is 0 Å². The Kier molecular flexibility index (Phi) is 8.39. The van der Waals surface area contributed by atoms with Crippen molar-refractivity contribution in [3.63, 3.8) is 0 Å². The van der Waals surface area contributed by atoms with Gasteiger partial charge in [-0.05, 0) is 93.0 Å². The maximum absolute atomic E-state index is 5.28. The summed E-state index contributed by atoms with van der Waals surface area (Å²) in [6.07, 6.45) is 0. The van der Waals surface area contributed by atoms with Gasteiger partial charge >= 0.3 is 0 Å². The molecule has 11 aromatic rings. The van der Waals surface area contributed by atoms with Crippen molar-refractivity contribution in [2.24, 2.45) is 0 Å². The molecule has 0 N–H and O–H groups in total. The lowest BCUT2D eigenvalue weighted by Crippen LogP contribution is -2.28. The molecule has 290 valence electrons. The van der Waals surface area contributed by atoms with Gasteiger partial charge in [-0.2, -0.15) is 0 Å². The largest absolute Gasteiger partial charge is 0.309 e. The van der Waals surface area contributed by atoms with E-state index >= 15 is 0 Å². The number of para-hydroxylation sites is 1. The highest BCUT2D eigenvalue weighted by Crippen LogP contribution is 2.57. The molecule has 1 aliphatic carbocycles. The van der Waals surface area contributed by atoms with Crippen molar-refractivity contribution in [2.75, 3.05) is 0 Å². The lowest BCUT2D eigenvalue weighted by Gasteiger charge is -2.34. The molecule has 0 unspecified atom stereocenters. The molecule has 3 nitrogen and oxygen atoms in total. The summed E-state index contributed by atoms with van der Waals surface area (Å²) in [6.45, 7) is 0. The number of hydrogen-bond acceptors (Lipinski definition) is 2. The van der Waals surface area contributed by atoms with Gasteiger partial charge in [0.05, 0.1) is 27.8 Å². The Morgan fingerprint density at radius 2 is 0.806 bits per heavy atom. The third kappa shape index (κ3) is 5.67. The summed E-state index contributed by atoms with van der Waals surface area (Å²) >= 11 is 0. The van der Waals surface area contributed by atoms with Crippen molar-refractivity contribution < 1.29 is 0 Å². The Labute approximate surface area is 360 Å². The Morgan fingerprint density at radius 1 is 0.323 bits per heavy atom. The molecule has 0 bridgehead atoms. The summed E-state index contributed by atoms with van der Waals surface area (Å²) in [6, 6.07) is 85.3. The van der Waals surface area contributed by atoms with E-state index in [9.17, 15) is 0 Å². The Hall–Kier alpha value is -8.14. The van der Waals surface area contributed by atoms with E-state index in [2.05, 4.69) is 229 Å². The highest BCUT2D eigenvalue weighted by atomic mass is 15.0. The third-order valence-corrected chi connectivity index (χ3v) is 12.7. The van der Waals surface area contributed by atoms with Gasteiger partial charge in [-0.1, -0.05) is 188 Å². The first kappa shape index (κ1) is 35.8. The molecule has 0 saturated carbocycles. The molecule has 12 rings (SSSR count). The zero-order valence-corrected chi connectivity index (χ0v) is 33.9. The predicted molar refractivity (Wildman–Crippen MR) is 255 cm³/mol. The van der Waals surface area contributed by atoms with Gasteiger partial charge < -0.3 is 4.57 Å².